The first-order valence-electron chi connectivity index (χ1n) is 9.95. The zero-order valence-electron chi connectivity index (χ0n) is 16.1. The fourth-order valence-corrected chi connectivity index (χ4v) is 3.46. The minimum Gasteiger partial charge on any atom is -0.356 e. The number of carbonyl (C=O) groups excluding carboxylic acids is 1. The van der Waals surface area contributed by atoms with Crippen molar-refractivity contribution in [2.45, 2.75) is 51.7 Å². The summed E-state index contributed by atoms with van der Waals surface area (Å²) in [5.74, 6) is 0.0120. The smallest absolute Gasteiger partial charge is 0.224 e. The molecule has 3 aromatic rings. The van der Waals surface area contributed by atoms with Crippen molar-refractivity contribution in [3.05, 3.63) is 36.9 Å². The number of rotatable bonds is 6. The summed E-state index contributed by atoms with van der Waals surface area (Å²) in [6.07, 6.45) is 12.7. The first-order chi connectivity index (χ1) is 13.7. The average molecular weight is 379 g/mol. The van der Waals surface area contributed by atoms with Crippen LogP contribution in [0.25, 0.3) is 22.2 Å². The average Bonchev–Trinajstić information content (AvgIpc) is 3.16. The normalized spacial score (nSPS) is 17.0. The number of nitrogens with one attached hydrogen (secondary N) is 1. The summed E-state index contributed by atoms with van der Waals surface area (Å²) in [6.45, 7) is 2.85. The summed E-state index contributed by atoms with van der Waals surface area (Å²) in [5, 5.41) is 8.44. The highest BCUT2D eigenvalue weighted by Crippen LogP contribution is 2.28. The maximum atomic E-state index is 12.0. The second kappa shape index (κ2) is 8.48. The van der Waals surface area contributed by atoms with Crippen LogP contribution in [0.5, 0.6) is 0 Å². The van der Waals surface area contributed by atoms with Crippen molar-refractivity contribution in [1.82, 2.24) is 19.7 Å². The molecule has 1 aliphatic rings. The molecule has 1 N–H and O–H groups in total. The highest BCUT2D eigenvalue weighted by atomic mass is 16.5. The molecule has 0 bridgehead atoms. The van der Waals surface area contributed by atoms with Crippen LogP contribution in [0.1, 0.15) is 51.7 Å². The molecule has 7 nitrogen and oxygen atoms in total. The fraction of sp³-hybridized carbons (Fsp3) is 0.429. The topological polar surface area (TPSA) is 81.9 Å². The highest BCUT2D eigenvalue weighted by molar-refractivity contribution is 5.91. The zero-order valence-corrected chi connectivity index (χ0v) is 16.1. The Kier molecular flexibility index (Phi) is 5.62. The van der Waals surface area contributed by atoms with Crippen LogP contribution >= 0.6 is 0 Å². The monoisotopic (exact) mass is 379 g/mol. The third kappa shape index (κ3) is 4.04. The lowest BCUT2D eigenvalue weighted by Gasteiger charge is -2.23. The van der Waals surface area contributed by atoms with Gasteiger partial charge >= 0.3 is 0 Å². The van der Waals surface area contributed by atoms with Gasteiger partial charge in [-0.15, -0.1) is 0 Å². The molecule has 0 spiro atoms. The molecule has 1 fully saturated rings. The van der Waals surface area contributed by atoms with Crippen molar-refractivity contribution in [2.24, 2.45) is 0 Å². The molecule has 0 aromatic carbocycles. The molecule has 3 aromatic heterocycles. The van der Waals surface area contributed by atoms with Crippen LogP contribution in [0.2, 0.25) is 0 Å². The van der Waals surface area contributed by atoms with Gasteiger partial charge in [0.2, 0.25) is 5.91 Å². The number of hydrogen-bond donors (Lipinski definition) is 1. The van der Waals surface area contributed by atoms with E-state index in [4.69, 9.17) is 4.74 Å². The van der Waals surface area contributed by atoms with Gasteiger partial charge in [-0.1, -0.05) is 13.3 Å². The zero-order chi connectivity index (χ0) is 19.3. The Morgan fingerprint density at radius 2 is 2.18 bits per heavy atom. The lowest BCUT2D eigenvalue weighted by molar-refractivity contribution is -0.116. The Labute approximate surface area is 164 Å². The molecule has 4 rings (SSSR count). The lowest BCUT2D eigenvalue weighted by Crippen LogP contribution is -2.18. The number of amides is 1. The molecular weight excluding hydrogens is 354 g/mol. The molecule has 146 valence electrons. The minimum absolute atomic E-state index is 0.0118. The fourth-order valence-electron chi connectivity index (χ4n) is 3.46. The summed E-state index contributed by atoms with van der Waals surface area (Å²) in [7, 11) is 0. The molecule has 0 aliphatic carbocycles. The maximum absolute atomic E-state index is 12.0. The molecule has 0 saturated carbocycles. The van der Waals surface area contributed by atoms with Gasteiger partial charge in [-0.25, -0.2) is 4.68 Å². The Bertz CT molecular complexity index is 962. The predicted octanol–water partition coefficient (Wildman–Crippen LogP) is 4.32. The molecule has 1 aliphatic heterocycles. The Morgan fingerprint density at radius 1 is 1.25 bits per heavy atom. The molecule has 7 heteroatoms. The van der Waals surface area contributed by atoms with Crippen LogP contribution in [0, 0.1) is 0 Å². The first-order valence-corrected chi connectivity index (χ1v) is 9.95. The third-order valence-electron chi connectivity index (χ3n) is 4.99. The molecule has 1 amide bonds. The van der Waals surface area contributed by atoms with Crippen LogP contribution in [0.15, 0.2) is 36.9 Å². The van der Waals surface area contributed by atoms with E-state index in [0.29, 0.717) is 12.1 Å². The van der Waals surface area contributed by atoms with Gasteiger partial charge in [-0.2, -0.15) is 5.10 Å². The number of carbonyl (C=O) groups is 1. The van der Waals surface area contributed by atoms with Gasteiger partial charge in [0.1, 0.15) is 0 Å². The molecule has 1 atom stereocenters. The van der Waals surface area contributed by atoms with E-state index in [1.54, 1.807) is 12.4 Å². The van der Waals surface area contributed by atoms with Crippen molar-refractivity contribution < 1.29 is 9.53 Å². The summed E-state index contributed by atoms with van der Waals surface area (Å²) >= 11 is 0. The van der Waals surface area contributed by atoms with Crippen molar-refractivity contribution in [2.75, 3.05) is 11.9 Å². The Hall–Kier alpha value is -2.80. The van der Waals surface area contributed by atoms with Crippen molar-refractivity contribution in [1.29, 1.82) is 0 Å². The maximum Gasteiger partial charge on any atom is 0.224 e. The number of fused-ring (bicyclic) bond motifs is 1. The van der Waals surface area contributed by atoms with Gasteiger partial charge in [-0.05, 0) is 37.8 Å². The van der Waals surface area contributed by atoms with Crippen LogP contribution in [0.4, 0.5) is 5.69 Å². The number of aromatic nitrogens is 4. The first kappa shape index (κ1) is 18.6. The Balaban J connectivity index is 1.56. The minimum atomic E-state index is -0.0118. The van der Waals surface area contributed by atoms with Crippen LogP contribution in [-0.4, -0.2) is 32.3 Å². The summed E-state index contributed by atoms with van der Waals surface area (Å²) < 4.78 is 7.77. The van der Waals surface area contributed by atoms with E-state index in [-0.39, 0.29) is 12.1 Å². The molecular formula is C21H25N5O2. The second-order valence-corrected chi connectivity index (χ2v) is 7.15. The summed E-state index contributed by atoms with van der Waals surface area (Å²) in [4.78, 5) is 20.8. The van der Waals surface area contributed by atoms with E-state index in [1.165, 1.54) is 0 Å². The van der Waals surface area contributed by atoms with E-state index < -0.39 is 0 Å². The van der Waals surface area contributed by atoms with Gasteiger partial charge < -0.3 is 10.1 Å². The molecule has 0 radical (unpaired) electrons. The number of pyridine rings is 2. The largest absolute Gasteiger partial charge is 0.356 e. The van der Waals surface area contributed by atoms with E-state index in [0.717, 1.165) is 60.9 Å². The summed E-state index contributed by atoms with van der Waals surface area (Å²) in [6, 6.07) is 3.90. The number of unbranched alkanes of at least 4 members (excludes halogenated alkanes) is 1. The van der Waals surface area contributed by atoms with Gasteiger partial charge in [-0.3, -0.25) is 14.8 Å². The molecule has 28 heavy (non-hydrogen) atoms. The lowest BCUT2D eigenvalue weighted by atomic mass is 10.1. The van der Waals surface area contributed by atoms with Crippen molar-refractivity contribution in [3.8, 4) is 11.3 Å². The van der Waals surface area contributed by atoms with E-state index in [9.17, 15) is 4.79 Å². The van der Waals surface area contributed by atoms with E-state index in [1.807, 2.05) is 29.2 Å². The van der Waals surface area contributed by atoms with Gasteiger partial charge in [0.05, 0.1) is 35.5 Å². The quantitative estimate of drug-likeness (QED) is 0.690. The van der Waals surface area contributed by atoms with Crippen LogP contribution in [-0.2, 0) is 9.53 Å². The molecule has 1 saturated heterocycles. The molecule has 4 heterocycles. The van der Waals surface area contributed by atoms with Crippen molar-refractivity contribution >= 4 is 22.5 Å². The predicted molar refractivity (Wildman–Crippen MR) is 108 cm³/mol. The van der Waals surface area contributed by atoms with E-state index >= 15 is 0 Å². The number of anilines is 1. The SMILES string of the molecule is CCCCC(=O)Nc1cncc(-c2cc3cnn([C@@H]4CCCCO4)c3cn2)c1. The third-order valence-corrected chi connectivity index (χ3v) is 4.99. The Morgan fingerprint density at radius 3 is 3.00 bits per heavy atom. The van der Waals surface area contributed by atoms with Gasteiger partial charge in [0, 0.05) is 30.2 Å². The van der Waals surface area contributed by atoms with E-state index in [2.05, 4.69) is 27.3 Å². The summed E-state index contributed by atoms with van der Waals surface area (Å²) in [5.41, 5.74) is 3.31. The van der Waals surface area contributed by atoms with Crippen LogP contribution < -0.4 is 5.32 Å². The second-order valence-electron chi connectivity index (χ2n) is 7.15. The van der Waals surface area contributed by atoms with Gasteiger partial charge in [0.25, 0.3) is 0 Å². The number of nitrogens with zero attached hydrogens (tertiary/aromatic N) is 4. The van der Waals surface area contributed by atoms with Crippen LogP contribution in [0.3, 0.4) is 0 Å². The number of ether oxygens (including phenoxy) is 1. The highest BCUT2D eigenvalue weighted by Gasteiger charge is 2.19. The van der Waals surface area contributed by atoms with Crippen molar-refractivity contribution in [3.63, 3.8) is 0 Å². The van der Waals surface area contributed by atoms with Gasteiger partial charge in [0.15, 0.2) is 6.23 Å². The number of hydrogen-bond acceptors (Lipinski definition) is 5. The molecule has 0 unspecified atom stereocenters. The standard InChI is InChI=1S/C21H25N5O2/c1-2-3-6-20(27)25-17-9-15(11-22-13-17)18-10-16-12-24-26(19(16)14-23-18)21-7-4-5-8-28-21/h9-14,21H,2-8H2,1H3,(H,25,27)/t21-/m0/s1.